The number of aryl methyl sites for hydroxylation is 3. The molecular formula is C29H39N5O2. The van der Waals surface area contributed by atoms with Gasteiger partial charge in [-0.1, -0.05) is 71.0 Å². The van der Waals surface area contributed by atoms with Gasteiger partial charge in [0.05, 0.1) is 11.4 Å². The van der Waals surface area contributed by atoms with E-state index < -0.39 is 0 Å². The minimum atomic E-state index is -0.293. The third-order valence-corrected chi connectivity index (χ3v) is 6.01. The van der Waals surface area contributed by atoms with Crippen LogP contribution >= 0.6 is 0 Å². The number of amides is 3. The van der Waals surface area contributed by atoms with Crippen molar-refractivity contribution in [3.63, 3.8) is 0 Å². The second kappa shape index (κ2) is 11.0. The van der Waals surface area contributed by atoms with Crippen molar-refractivity contribution >= 4 is 23.4 Å². The Balaban J connectivity index is 1.85. The maximum Gasteiger partial charge on any atom is 0.322 e. The zero-order valence-electron chi connectivity index (χ0n) is 22.8. The van der Waals surface area contributed by atoms with Crippen molar-refractivity contribution < 1.29 is 9.59 Å². The second-order valence-corrected chi connectivity index (χ2v) is 10.9. The number of nitrogens with one attached hydrogen (secondary N) is 2. The van der Waals surface area contributed by atoms with E-state index in [2.05, 4.69) is 31.4 Å². The Morgan fingerprint density at radius 1 is 0.944 bits per heavy atom. The number of urea groups is 1. The molecule has 192 valence electrons. The lowest BCUT2D eigenvalue weighted by atomic mass is 9.92. The molecule has 0 aliphatic heterocycles. The van der Waals surface area contributed by atoms with Crippen molar-refractivity contribution in [2.75, 3.05) is 23.7 Å². The van der Waals surface area contributed by atoms with E-state index in [0.717, 1.165) is 33.8 Å². The van der Waals surface area contributed by atoms with E-state index in [1.54, 1.807) is 9.58 Å². The van der Waals surface area contributed by atoms with Gasteiger partial charge < -0.3 is 15.5 Å². The van der Waals surface area contributed by atoms with Crippen molar-refractivity contribution in [1.29, 1.82) is 0 Å². The van der Waals surface area contributed by atoms with Gasteiger partial charge >= 0.3 is 6.03 Å². The lowest BCUT2D eigenvalue weighted by Crippen LogP contribution is -2.42. The van der Waals surface area contributed by atoms with Gasteiger partial charge in [0.1, 0.15) is 12.4 Å². The Labute approximate surface area is 214 Å². The Bertz CT molecular complexity index is 1220. The third kappa shape index (κ3) is 6.53. The highest BCUT2D eigenvalue weighted by Crippen LogP contribution is 2.27. The average molecular weight is 490 g/mol. The Morgan fingerprint density at radius 3 is 2.14 bits per heavy atom. The molecule has 3 rings (SSSR count). The standard InChI is InChI=1S/C29H39N5O2/c1-19(2)17-33(28(36)31-27-21(4)13-11-14-22(27)5)18-26(35)30-25-16-24(29(6,7)8)32-34(25)23-15-10-9-12-20(23)3/h9-16,19H,17-18H2,1-8H3,(H,30,35)(H,31,36). The van der Waals surface area contributed by atoms with Gasteiger partial charge in [0.25, 0.3) is 0 Å². The molecule has 2 N–H and O–H groups in total. The molecule has 0 spiro atoms. The summed E-state index contributed by atoms with van der Waals surface area (Å²) in [7, 11) is 0. The molecule has 0 fully saturated rings. The minimum absolute atomic E-state index is 0.0707. The quantitative estimate of drug-likeness (QED) is 0.413. The summed E-state index contributed by atoms with van der Waals surface area (Å²) in [6.45, 7) is 16.6. The highest BCUT2D eigenvalue weighted by atomic mass is 16.2. The first kappa shape index (κ1) is 27.0. The summed E-state index contributed by atoms with van der Waals surface area (Å²) < 4.78 is 1.78. The molecular weight excluding hydrogens is 450 g/mol. The number of benzene rings is 2. The van der Waals surface area contributed by atoms with Gasteiger partial charge in [-0.25, -0.2) is 9.48 Å². The van der Waals surface area contributed by atoms with E-state index in [4.69, 9.17) is 5.10 Å². The van der Waals surface area contributed by atoms with Crippen LogP contribution in [0.2, 0.25) is 0 Å². The molecule has 0 aliphatic rings. The van der Waals surface area contributed by atoms with E-state index >= 15 is 0 Å². The zero-order chi connectivity index (χ0) is 26.6. The zero-order valence-corrected chi connectivity index (χ0v) is 22.8. The number of para-hydroxylation sites is 2. The Kier molecular flexibility index (Phi) is 8.23. The molecule has 2 aromatic carbocycles. The first-order valence-corrected chi connectivity index (χ1v) is 12.5. The molecule has 0 radical (unpaired) electrons. The molecule has 0 unspecified atom stereocenters. The SMILES string of the molecule is Cc1ccccc1-n1nc(C(C)(C)C)cc1NC(=O)CN(CC(C)C)C(=O)Nc1c(C)cccc1C. The molecule has 0 atom stereocenters. The summed E-state index contributed by atoms with van der Waals surface area (Å²) in [5.41, 5.74) is 5.36. The lowest BCUT2D eigenvalue weighted by Gasteiger charge is -2.25. The molecule has 0 bridgehead atoms. The fourth-order valence-electron chi connectivity index (χ4n) is 4.03. The predicted molar refractivity (Wildman–Crippen MR) is 147 cm³/mol. The fraction of sp³-hybridized carbons (Fsp3) is 0.414. The van der Waals surface area contributed by atoms with Gasteiger partial charge in [-0.05, 0) is 49.4 Å². The lowest BCUT2D eigenvalue weighted by molar-refractivity contribution is -0.116. The molecule has 1 aromatic heterocycles. The van der Waals surface area contributed by atoms with Crippen molar-refractivity contribution in [2.24, 2.45) is 5.92 Å². The summed E-state index contributed by atoms with van der Waals surface area (Å²) in [6, 6.07) is 15.4. The largest absolute Gasteiger partial charge is 0.322 e. The Morgan fingerprint density at radius 2 is 1.56 bits per heavy atom. The van der Waals surface area contributed by atoms with Crippen LogP contribution in [0.4, 0.5) is 16.3 Å². The summed E-state index contributed by atoms with van der Waals surface area (Å²) in [6.07, 6.45) is 0. The summed E-state index contributed by atoms with van der Waals surface area (Å²) in [5, 5.41) is 10.8. The van der Waals surface area contributed by atoms with Crippen LogP contribution in [0.1, 0.15) is 57.0 Å². The second-order valence-electron chi connectivity index (χ2n) is 10.9. The van der Waals surface area contributed by atoms with Crippen LogP contribution in [0.15, 0.2) is 48.5 Å². The number of carbonyl (C=O) groups excluding carboxylic acids is 2. The van der Waals surface area contributed by atoms with Crippen LogP contribution < -0.4 is 10.6 Å². The van der Waals surface area contributed by atoms with Crippen LogP contribution in [-0.2, 0) is 10.2 Å². The number of rotatable bonds is 7. The Hall–Kier alpha value is -3.61. The fourth-order valence-corrected chi connectivity index (χ4v) is 4.03. The molecule has 7 nitrogen and oxygen atoms in total. The van der Waals surface area contributed by atoms with Gasteiger partial charge in [-0.15, -0.1) is 0 Å². The van der Waals surface area contributed by atoms with Crippen molar-refractivity contribution in [3.05, 3.63) is 70.9 Å². The monoisotopic (exact) mass is 489 g/mol. The first-order chi connectivity index (χ1) is 16.9. The highest BCUT2D eigenvalue weighted by molar-refractivity contribution is 5.97. The van der Waals surface area contributed by atoms with E-state index in [0.29, 0.717) is 12.4 Å². The minimum Gasteiger partial charge on any atom is -0.315 e. The highest BCUT2D eigenvalue weighted by Gasteiger charge is 2.24. The number of nitrogens with zero attached hydrogens (tertiary/aromatic N) is 3. The topological polar surface area (TPSA) is 79.3 Å². The maximum atomic E-state index is 13.2. The number of carbonyl (C=O) groups is 2. The van der Waals surface area contributed by atoms with Gasteiger partial charge in [0, 0.05) is 23.7 Å². The molecule has 1 heterocycles. The van der Waals surface area contributed by atoms with Gasteiger partial charge in [0.15, 0.2) is 0 Å². The van der Waals surface area contributed by atoms with Gasteiger partial charge in [0.2, 0.25) is 5.91 Å². The van der Waals surface area contributed by atoms with E-state index in [1.165, 1.54) is 0 Å². The predicted octanol–water partition coefficient (Wildman–Crippen LogP) is 6.22. The normalized spacial score (nSPS) is 11.5. The van der Waals surface area contributed by atoms with Crippen LogP contribution in [-0.4, -0.2) is 39.7 Å². The van der Waals surface area contributed by atoms with E-state index in [1.807, 2.05) is 83.1 Å². The van der Waals surface area contributed by atoms with Gasteiger partial charge in [-0.2, -0.15) is 5.10 Å². The summed E-state index contributed by atoms with van der Waals surface area (Å²) in [5.74, 6) is 0.507. The molecule has 3 aromatic rings. The van der Waals surface area contributed by atoms with Crippen LogP contribution in [0, 0.1) is 26.7 Å². The van der Waals surface area contributed by atoms with Gasteiger partial charge in [-0.3, -0.25) is 4.79 Å². The molecule has 3 amide bonds. The van der Waals surface area contributed by atoms with Crippen LogP contribution in [0.25, 0.3) is 5.69 Å². The van der Waals surface area contributed by atoms with Crippen molar-refractivity contribution in [1.82, 2.24) is 14.7 Å². The third-order valence-electron chi connectivity index (χ3n) is 6.01. The number of hydrogen-bond donors (Lipinski definition) is 2. The van der Waals surface area contributed by atoms with Crippen molar-refractivity contribution in [2.45, 2.75) is 60.8 Å². The summed E-state index contributed by atoms with van der Waals surface area (Å²) >= 11 is 0. The number of anilines is 2. The first-order valence-electron chi connectivity index (χ1n) is 12.5. The maximum absolute atomic E-state index is 13.2. The molecule has 36 heavy (non-hydrogen) atoms. The average Bonchev–Trinajstić information content (AvgIpc) is 3.19. The van der Waals surface area contributed by atoms with Crippen LogP contribution in [0.3, 0.4) is 0 Å². The van der Waals surface area contributed by atoms with E-state index in [9.17, 15) is 9.59 Å². The molecule has 0 saturated heterocycles. The van der Waals surface area contributed by atoms with E-state index in [-0.39, 0.29) is 29.8 Å². The number of aromatic nitrogens is 2. The van der Waals surface area contributed by atoms with Crippen LogP contribution in [0.5, 0.6) is 0 Å². The molecule has 0 saturated carbocycles. The molecule has 7 heteroatoms. The van der Waals surface area contributed by atoms with Crippen molar-refractivity contribution in [3.8, 4) is 5.69 Å². The smallest absolute Gasteiger partial charge is 0.315 e. The summed E-state index contributed by atoms with van der Waals surface area (Å²) in [4.78, 5) is 28.0. The number of hydrogen-bond acceptors (Lipinski definition) is 3. The molecule has 0 aliphatic carbocycles.